The normalized spacial score (nSPS) is 18.1. The highest BCUT2D eigenvalue weighted by molar-refractivity contribution is 14.0. The number of aliphatic imine (C=N–C) groups is 1. The molecule has 29 heavy (non-hydrogen) atoms. The van der Waals surface area contributed by atoms with Gasteiger partial charge in [-0.25, -0.2) is 13.6 Å². The Morgan fingerprint density at radius 1 is 1.38 bits per heavy atom. The molecule has 0 aromatic heterocycles. The third-order valence-corrected chi connectivity index (χ3v) is 4.48. The van der Waals surface area contributed by atoms with Gasteiger partial charge in [-0.3, -0.25) is 4.99 Å². The SMILES string of the molecule is CN=C(NCC(C)c1ccc(F)cc1F)N1CCC(NC(=O)OC(C)(C)C)C1.I. The van der Waals surface area contributed by atoms with Crippen LogP contribution in [0.5, 0.6) is 0 Å². The Kier molecular flexibility index (Phi) is 9.57. The molecule has 0 spiro atoms. The summed E-state index contributed by atoms with van der Waals surface area (Å²) in [4.78, 5) is 18.2. The second-order valence-corrected chi connectivity index (χ2v) is 8.07. The highest BCUT2D eigenvalue weighted by Crippen LogP contribution is 2.19. The average Bonchev–Trinajstić information content (AvgIpc) is 3.01. The summed E-state index contributed by atoms with van der Waals surface area (Å²) in [5.41, 5.74) is -0.0820. The second-order valence-electron chi connectivity index (χ2n) is 8.07. The van der Waals surface area contributed by atoms with Crippen LogP contribution in [0.25, 0.3) is 0 Å². The number of ether oxygens (including phenoxy) is 1. The van der Waals surface area contributed by atoms with Crippen LogP contribution in [0.2, 0.25) is 0 Å². The topological polar surface area (TPSA) is 66.0 Å². The molecule has 164 valence electrons. The molecule has 2 unspecified atom stereocenters. The number of alkyl carbamates (subject to hydrolysis) is 1. The number of halogens is 3. The van der Waals surface area contributed by atoms with Gasteiger partial charge in [-0.15, -0.1) is 24.0 Å². The Labute approximate surface area is 188 Å². The van der Waals surface area contributed by atoms with E-state index >= 15 is 0 Å². The lowest BCUT2D eigenvalue weighted by molar-refractivity contribution is 0.0507. The Bertz CT molecular complexity index is 725. The molecule has 2 atom stereocenters. The van der Waals surface area contributed by atoms with Crippen LogP contribution in [0.15, 0.2) is 23.2 Å². The van der Waals surface area contributed by atoms with Crippen LogP contribution in [0, 0.1) is 11.6 Å². The molecular formula is C20H31F2IN4O2. The average molecular weight is 524 g/mol. The maximum atomic E-state index is 13.9. The fourth-order valence-electron chi connectivity index (χ4n) is 3.13. The second kappa shape index (κ2) is 10.9. The minimum absolute atomic E-state index is 0. The molecule has 0 bridgehead atoms. The first kappa shape index (κ1) is 25.4. The van der Waals surface area contributed by atoms with Crippen molar-refractivity contribution >= 4 is 36.0 Å². The minimum atomic E-state index is -0.585. The quantitative estimate of drug-likeness (QED) is 0.357. The number of likely N-dealkylation sites (tertiary alicyclic amines) is 1. The van der Waals surface area contributed by atoms with Crippen LogP contribution < -0.4 is 10.6 Å². The summed E-state index contributed by atoms with van der Waals surface area (Å²) >= 11 is 0. The molecule has 1 amide bonds. The van der Waals surface area contributed by atoms with Crippen LogP contribution in [0.4, 0.5) is 13.6 Å². The van der Waals surface area contributed by atoms with Gasteiger partial charge in [0.15, 0.2) is 5.96 Å². The van der Waals surface area contributed by atoms with E-state index in [4.69, 9.17) is 4.74 Å². The number of hydrogen-bond acceptors (Lipinski definition) is 3. The van der Waals surface area contributed by atoms with E-state index in [0.717, 1.165) is 19.0 Å². The lowest BCUT2D eigenvalue weighted by atomic mass is 10.0. The molecule has 1 aliphatic rings. The first-order chi connectivity index (χ1) is 13.1. The van der Waals surface area contributed by atoms with Gasteiger partial charge in [0.05, 0.1) is 6.04 Å². The number of benzene rings is 1. The Morgan fingerprint density at radius 2 is 2.07 bits per heavy atom. The number of guanidine groups is 1. The van der Waals surface area contributed by atoms with E-state index in [1.807, 2.05) is 32.6 Å². The number of carbonyl (C=O) groups excluding carboxylic acids is 1. The zero-order valence-electron chi connectivity index (χ0n) is 17.6. The van der Waals surface area contributed by atoms with E-state index in [1.165, 1.54) is 12.1 Å². The van der Waals surface area contributed by atoms with E-state index in [-0.39, 0.29) is 35.9 Å². The number of nitrogens with one attached hydrogen (secondary N) is 2. The Morgan fingerprint density at radius 3 is 2.66 bits per heavy atom. The fraction of sp³-hybridized carbons (Fsp3) is 0.600. The van der Waals surface area contributed by atoms with Gasteiger partial charge in [-0.1, -0.05) is 13.0 Å². The van der Waals surface area contributed by atoms with Gasteiger partial charge in [0.1, 0.15) is 17.2 Å². The number of rotatable bonds is 4. The predicted molar refractivity (Wildman–Crippen MR) is 121 cm³/mol. The molecule has 1 fully saturated rings. The van der Waals surface area contributed by atoms with Gasteiger partial charge in [0, 0.05) is 38.7 Å². The lowest BCUT2D eigenvalue weighted by Gasteiger charge is -2.24. The first-order valence-electron chi connectivity index (χ1n) is 9.49. The summed E-state index contributed by atoms with van der Waals surface area (Å²) < 4.78 is 32.3. The molecule has 0 radical (unpaired) electrons. The Balaban J connectivity index is 0.00000420. The highest BCUT2D eigenvalue weighted by Gasteiger charge is 2.28. The van der Waals surface area contributed by atoms with Crippen LogP contribution in [-0.2, 0) is 4.74 Å². The van der Waals surface area contributed by atoms with Crippen molar-refractivity contribution in [3.8, 4) is 0 Å². The summed E-state index contributed by atoms with van der Waals surface area (Å²) in [5, 5.41) is 6.11. The molecule has 1 heterocycles. The van der Waals surface area contributed by atoms with Crippen molar-refractivity contribution in [1.82, 2.24) is 15.5 Å². The van der Waals surface area contributed by atoms with Crippen molar-refractivity contribution < 1.29 is 18.3 Å². The summed E-state index contributed by atoms with van der Waals surface area (Å²) in [6.07, 6.45) is 0.352. The molecule has 2 N–H and O–H groups in total. The van der Waals surface area contributed by atoms with Crippen LogP contribution >= 0.6 is 24.0 Å². The van der Waals surface area contributed by atoms with Crippen LogP contribution in [0.1, 0.15) is 45.6 Å². The number of amides is 1. The number of hydrogen-bond donors (Lipinski definition) is 2. The van der Waals surface area contributed by atoms with E-state index in [2.05, 4.69) is 15.6 Å². The summed E-state index contributed by atoms with van der Waals surface area (Å²) in [7, 11) is 1.68. The molecule has 1 aromatic rings. The largest absolute Gasteiger partial charge is 0.444 e. The maximum absolute atomic E-state index is 13.9. The van der Waals surface area contributed by atoms with E-state index in [1.54, 1.807) is 7.05 Å². The maximum Gasteiger partial charge on any atom is 0.407 e. The van der Waals surface area contributed by atoms with Crippen LogP contribution in [-0.4, -0.2) is 55.3 Å². The van der Waals surface area contributed by atoms with Crippen molar-refractivity contribution in [1.29, 1.82) is 0 Å². The van der Waals surface area contributed by atoms with Gasteiger partial charge in [-0.05, 0) is 38.8 Å². The molecule has 6 nitrogen and oxygen atoms in total. The smallest absolute Gasteiger partial charge is 0.407 e. The van der Waals surface area contributed by atoms with Gasteiger partial charge >= 0.3 is 6.09 Å². The molecule has 1 aromatic carbocycles. The number of carbonyl (C=O) groups is 1. The predicted octanol–water partition coefficient (Wildman–Crippen LogP) is 3.86. The van der Waals surface area contributed by atoms with Crippen molar-refractivity contribution in [2.45, 2.75) is 51.7 Å². The van der Waals surface area contributed by atoms with Gasteiger partial charge in [0.25, 0.3) is 0 Å². The zero-order chi connectivity index (χ0) is 20.9. The van der Waals surface area contributed by atoms with Gasteiger partial charge in [0.2, 0.25) is 0 Å². The lowest BCUT2D eigenvalue weighted by Crippen LogP contribution is -2.44. The molecule has 0 aliphatic carbocycles. The minimum Gasteiger partial charge on any atom is -0.444 e. The van der Waals surface area contributed by atoms with Crippen molar-refractivity contribution in [3.05, 3.63) is 35.4 Å². The summed E-state index contributed by atoms with van der Waals surface area (Å²) in [5.74, 6) is -0.608. The monoisotopic (exact) mass is 524 g/mol. The van der Waals surface area contributed by atoms with E-state index < -0.39 is 23.3 Å². The third-order valence-electron chi connectivity index (χ3n) is 4.48. The van der Waals surface area contributed by atoms with Crippen molar-refractivity contribution in [2.75, 3.05) is 26.7 Å². The molecular weight excluding hydrogens is 493 g/mol. The molecule has 1 aliphatic heterocycles. The summed E-state index contributed by atoms with van der Waals surface area (Å²) in [6.45, 7) is 9.14. The standard InChI is InChI=1S/C20H30F2N4O2.HI/c1-13(16-7-6-14(21)10-17(16)22)11-24-18(23-5)26-9-8-15(12-26)25-19(27)28-20(2,3)4;/h6-7,10,13,15H,8-9,11-12H2,1-5H3,(H,23,24)(H,25,27);1H. The highest BCUT2D eigenvalue weighted by atomic mass is 127. The zero-order valence-corrected chi connectivity index (χ0v) is 19.9. The summed E-state index contributed by atoms with van der Waals surface area (Å²) in [6, 6.07) is 3.60. The Hall–Kier alpha value is -1.65. The molecule has 1 saturated heterocycles. The van der Waals surface area contributed by atoms with E-state index in [9.17, 15) is 13.6 Å². The molecule has 9 heteroatoms. The fourth-order valence-corrected chi connectivity index (χ4v) is 3.13. The molecule has 0 saturated carbocycles. The first-order valence-corrected chi connectivity index (χ1v) is 9.49. The van der Waals surface area contributed by atoms with Crippen LogP contribution in [0.3, 0.4) is 0 Å². The van der Waals surface area contributed by atoms with Crippen molar-refractivity contribution in [3.63, 3.8) is 0 Å². The van der Waals surface area contributed by atoms with Gasteiger partial charge in [-0.2, -0.15) is 0 Å². The third kappa shape index (κ3) is 7.94. The van der Waals surface area contributed by atoms with E-state index in [0.29, 0.717) is 24.6 Å². The van der Waals surface area contributed by atoms with Crippen molar-refractivity contribution in [2.24, 2.45) is 4.99 Å². The van der Waals surface area contributed by atoms with Gasteiger partial charge < -0.3 is 20.3 Å². The number of nitrogens with zero attached hydrogens (tertiary/aromatic N) is 2. The molecule has 2 rings (SSSR count).